The van der Waals surface area contributed by atoms with Crippen molar-refractivity contribution in [1.82, 2.24) is 4.98 Å². The average molecular weight is 240 g/mol. The fraction of sp³-hybridized carbons (Fsp3) is 0.636. The first-order valence-electron chi connectivity index (χ1n) is 5.74. The van der Waals surface area contributed by atoms with Crippen molar-refractivity contribution in [3.8, 4) is 0 Å². The highest BCUT2D eigenvalue weighted by molar-refractivity contribution is 5.87. The third-order valence-electron chi connectivity index (χ3n) is 2.55. The molecule has 94 valence electrons. The summed E-state index contributed by atoms with van der Waals surface area (Å²) in [5.74, 6) is 0.0152. The fourth-order valence-electron chi connectivity index (χ4n) is 1.63. The van der Waals surface area contributed by atoms with Crippen molar-refractivity contribution in [2.24, 2.45) is 5.92 Å². The van der Waals surface area contributed by atoms with E-state index >= 15 is 0 Å². The van der Waals surface area contributed by atoms with Crippen molar-refractivity contribution < 1.29 is 18.7 Å². The van der Waals surface area contributed by atoms with E-state index in [4.69, 9.17) is 13.9 Å². The van der Waals surface area contributed by atoms with Crippen molar-refractivity contribution in [2.75, 3.05) is 31.7 Å². The molecule has 1 fully saturated rings. The Morgan fingerprint density at radius 1 is 1.71 bits per heavy atom. The van der Waals surface area contributed by atoms with Gasteiger partial charge in [0.25, 0.3) is 6.01 Å². The van der Waals surface area contributed by atoms with E-state index in [1.165, 1.54) is 6.26 Å². The second kappa shape index (κ2) is 5.67. The molecular weight excluding hydrogens is 224 g/mol. The van der Waals surface area contributed by atoms with E-state index in [-0.39, 0.29) is 5.69 Å². The number of anilines is 1. The highest BCUT2D eigenvalue weighted by atomic mass is 16.5. The molecule has 1 aliphatic rings. The molecule has 1 N–H and O–H groups in total. The maximum atomic E-state index is 11.3. The summed E-state index contributed by atoms with van der Waals surface area (Å²) in [6, 6.07) is 0.347. The van der Waals surface area contributed by atoms with Crippen LogP contribution in [0.2, 0.25) is 0 Å². The molecule has 0 radical (unpaired) electrons. The predicted molar refractivity (Wildman–Crippen MR) is 59.9 cm³/mol. The number of nitrogens with zero attached hydrogens (tertiary/aromatic N) is 1. The van der Waals surface area contributed by atoms with Crippen LogP contribution >= 0.6 is 0 Å². The number of carbonyl (C=O) groups excluding carboxylic acids is 1. The number of hydrogen-bond donors (Lipinski definition) is 1. The number of ether oxygens (including phenoxy) is 2. The highest BCUT2D eigenvalue weighted by Crippen LogP contribution is 2.14. The number of nitrogens with one attached hydrogen (secondary N) is 1. The van der Waals surface area contributed by atoms with Crippen molar-refractivity contribution in [2.45, 2.75) is 13.3 Å². The summed E-state index contributed by atoms with van der Waals surface area (Å²) < 4.78 is 15.2. The molecule has 0 amide bonds. The lowest BCUT2D eigenvalue weighted by atomic mass is 10.1. The summed E-state index contributed by atoms with van der Waals surface area (Å²) in [6.45, 7) is 4.39. The van der Waals surface area contributed by atoms with Gasteiger partial charge >= 0.3 is 5.97 Å². The summed E-state index contributed by atoms with van der Waals surface area (Å²) in [5.41, 5.74) is 0.192. The smallest absolute Gasteiger partial charge is 0.360 e. The van der Waals surface area contributed by atoms with Gasteiger partial charge in [-0.2, -0.15) is 4.98 Å². The molecule has 0 saturated carbocycles. The van der Waals surface area contributed by atoms with Gasteiger partial charge < -0.3 is 19.2 Å². The average Bonchev–Trinajstić information content (AvgIpc) is 2.98. The molecule has 1 aromatic rings. The largest absolute Gasteiger partial charge is 0.461 e. The second-order valence-corrected chi connectivity index (χ2v) is 3.87. The van der Waals surface area contributed by atoms with E-state index in [9.17, 15) is 4.79 Å². The SMILES string of the molecule is CCOC(=O)c1coc(NCC2CCOC2)n1. The number of aromatic nitrogens is 1. The Kier molecular flexibility index (Phi) is 3.98. The summed E-state index contributed by atoms with van der Waals surface area (Å²) in [7, 11) is 0. The molecule has 0 bridgehead atoms. The lowest BCUT2D eigenvalue weighted by Gasteiger charge is -2.06. The van der Waals surface area contributed by atoms with Gasteiger partial charge in [0.2, 0.25) is 0 Å². The van der Waals surface area contributed by atoms with Crippen molar-refractivity contribution in [3.63, 3.8) is 0 Å². The Hall–Kier alpha value is -1.56. The molecule has 17 heavy (non-hydrogen) atoms. The summed E-state index contributed by atoms with van der Waals surface area (Å²) in [4.78, 5) is 15.3. The third kappa shape index (κ3) is 3.20. The van der Waals surface area contributed by atoms with Crippen LogP contribution in [0.3, 0.4) is 0 Å². The first-order valence-corrected chi connectivity index (χ1v) is 5.74. The van der Waals surface area contributed by atoms with Gasteiger partial charge in [0.05, 0.1) is 13.2 Å². The van der Waals surface area contributed by atoms with Crippen LogP contribution in [0.5, 0.6) is 0 Å². The van der Waals surface area contributed by atoms with Crippen LogP contribution in [0.1, 0.15) is 23.8 Å². The quantitative estimate of drug-likeness (QED) is 0.782. The third-order valence-corrected chi connectivity index (χ3v) is 2.55. The van der Waals surface area contributed by atoms with Crippen LogP contribution in [0, 0.1) is 5.92 Å². The van der Waals surface area contributed by atoms with Gasteiger partial charge in [0.1, 0.15) is 6.26 Å². The van der Waals surface area contributed by atoms with Crippen LogP contribution < -0.4 is 5.32 Å². The molecule has 1 aromatic heterocycles. The number of carbonyl (C=O) groups is 1. The minimum Gasteiger partial charge on any atom is -0.461 e. The van der Waals surface area contributed by atoms with E-state index in [0.717, 1.165) is 26.2 Å². The van der Waals surface area contributed by atoms with E-state index in [2.05, 4.69) is 10.3 Å². The zero-order valence-corrected chi connectivity index (χ0v) is 9.77. The Morgan fingerprint density at radius 3 is 3.29 bits per heavy atom. The first-order chi connectivity index (χ1) is 8.29. The molecule has 1 saturated heterocycles. The molecule has 1 atom stereocenters. The molecule has 2 heterocycles. The number of oxazole rings is 1. The zero-order chi connectivity index (χ0) is 12.1. The molecule has 1 aliphatic heterocycles. The Bertz CT molecular complexity index is 371. The summed E-state index contributed by atoms with van der Waals surface area (Å²) in [5, 5.41) is 3.04. The number of rotatable bonds is 5. The van der Waals surface area contributed by atoms with E-state index in [1.54, 1.807) is 6.92 Å². The minimum atomic E-state index is -0.464. The Balaban J connectivity index is 1.83. The van der Waals surface area contributed by atoms with Crippen molar-refractivity contribution in [3.05, 3.63) is 12.0 Å². The maximum absolute atomic E-state index is 11.3. The minimum absolute atomic E-state index is 0.192. The fourth-order valence-corrected chi connectivity index (χ4v) is 1.63. The lowest BCUT2D eigenvalue weighted by molar-refractivity contribution is 0.0519. The van der Waals surface area contributed by atoms with Crippen molar-refractivity contribution >= 4 is 12.0 Å². The Morgan fingerprint density at radius 2 is 2.59 bits per heavy atom. The van der Waals surface area contributed by atoms with Gasteiger partial charge in [0, 0.05) is 19.1 Å². The summed E-state index contributed by atoms with van der Waals surface area (Å²) >= 11 is 0. The standard InChI is InChI=1S/C11H16N2O4/c1-2-16-10(14)9-7-17-11(13-9)12-5-8-3-4-15-6-8/h7-8H,2-6H2,1H3,(H,12,13). The number of esters is 1. The monoisotopic (exact) mass is 240 g/mol. The molecule has 6 heteroatoms. The van der Waals surface area contributed by atoms with Crippen LogP contribution in [-0.4, -0.2) is 37.3 Å². The van der Waals surface area contributed by atoms with E-state index < -0.39 is 5.97 Å². The van der Waals surface area contributed by atoms with Gasteiger partial charge in [-0.15, -0.1) is 0 Å². The highest BCUT2D eigenvalue weighted by Gasteiger charge is 2.17. The zero-order valence-electron chi connectivity index (χ0n) is 9.77. The first kappa shape index (κ1) is 11.9. The summed E-state index contributed by atoms with van der Waals surface area (Å²) in [6.07, 6.45) is 2.34. The van der Waals surface area contributed by atoms with Crippen LogP contribution in [0.4, 0.5) is 6.01 Å². The van der Waals surface area contributed by atoms with Crippen molar-refractivity contribution in [1.29, 1.82) is 0 Å². The van der Waals surface area contributed by atoms with Gasteiger partial charge in [0.15, 0.2) is 5.69 Å². The second-order valence-electron chi connectivity index (χ2n) is 3.87. The Labute approximate surface area is 99.3 Å². The molecule has 1 unspecified atom stereocenters. The molecule has 0 aliphatic carbocycles. The normalized spacial score (nSPS) is 19.2. The van der Waals surface area contributed by atoms with Gasteiger partial charge in [-0.05, 0) is 13.3 Å². The number of hydrogen-bond acceptors (Lipinski definition) is 6. The topological polar surface area (TPSA) is 73.6 Å². The molecule has 6 nitrogen and oxygen atoms in total. The lowest BCUT2D eigenvalue weighted by Crippen LogP contribution is -2.14. The van der Waals surface area contributed by atoms with Gasteiger partial charge in [-0.1, -0.05) is 0 Å². The molecule has 2 rings (SSSR count). The maximum Gasteiger partial charge on any atom is 0.360 e. The predicted octanol–water partition coefficient (Wildman–Crippen LogP) is 1.30. The van der Waals surface area contributed by atoms with Crippen LogP contribution in [0.15, 0.2) is 10.7 Å². The van der Waals surface area contributed by atoms with Gasteiger partial charge in [-0.3, -0.25) is 0 Å². The molecule has 0 spiro atoms. The van der Waals surface area contributed by atoms with E-state index in [1.807, 2.05) is 0 Å². The molecule has 0 aromatic carbocycles. The van der Waals surface area contributed by atoms with Gasteiger partial charge in [-0.25, -0.2) is 4.79 Å². The van der Waals surface area contributed by atoms with E-state index in [0.29, 0.717) is 18.5 Å². The van der Waals surface area contributed by atoms with Crippen LogP contribution in [0.25, 0.3) is 0 Å². The molecular formula is C11H16N2O4. The van der Waals surface area contributed by atoms with Crippen LogP contribution in [-0.2, 0) is 9.47 Å².